The summed E-state index contributed by atoms with van der Waals surface area (Å²) in [6.07, 6.45) is 0. The predicted octanol–water partition coefficient (Wildman–Crippen LogP) is 4.78. The molecule has 4 nitrogen and oxygen atoms in total. The van der Waals surface area contributed by atoms with Crippen molar-refractivity contribution < 1.29 is 8.92 Å². The molecule has 1 aromatic heterocycles. The van der Waals surface area contributed by atoms with E-state index in [1.54, 1.807) is 18.2 Å². The molecule has 27 heavy (non-hydrogen) atoms. The highest BCUT2D eigenvalue weighted by molar-refractivity contribution is 14.1. The van der Waals surface area contributed by atoms with Crippen molar-refractivity contribution in [3.8, 4) is 11.3 Å². The van der Waals surface area contributed by atoms with Gasteiger partial charge >= 0.3 is 14.6 Å². The van der Waals surface area contributed by atoms with Gasteiger partial charge in [-0.1, -0.05) is 39.0 Å². The molecule has 0 spiro atoms. The van der Waals surface area contributed by atoms with Gasteiger partial charge in [-0.2, -0.15) is 4.73 Å². The number of para-hydroxylation sites is 1. The van der Waals surface area contributed by atoms with Gasteiger partial charge in [0.25, 0.3) is 0 Å². The van der Waals surface area contributed by atoms with Crippen molar-refractivity contribution in [3.63, 3.8) is 0 Å². The maximum atomic E-state index is 14.8. The molecule has 0 amide bonds. The van der Waals surface area contributed by atoms with Gasteiger partial charge in [0, 0.05) is 9.13 Å². The van der Waals surface area contributed by atoms with Crippen LogP contribution in [0, 0.1) is 9.39 Å². The standard InChI is InChI=1S/C20H21FIN2O2Si/c1-20(2,3)13-9-7-11-15-18(13)23-17(19(25)24(15)26-27(4)5)12-8-6-10-14(22)16(12)21/h6-11H,1-5H3. The number of nitrogens with zero attached hydrogens (tertiary/aromatic N) is 2. The normalized spacial score (nSPS) is 12.0. The van der Waals surface area contributed by atoms with E-state index < -0.39 is 20.4 Å². The first-order valence-corrected chi connectivity index (χ1v) is 12.1. The second-order valence-electron chi connectivity index (χ2n) is 7.58. The fraction of sp³-hybridized carbons (Fsp3) is 0.300. The van der Waals surface area contributed by atoms with Crippen molar-refractivity contribution >= 4 is 42.7 Å². The summed E-state index contributed by atoms with van der Waals surface area (Å²) in [7, 11) is -1.22. The molecule has 0 N–H and O–H groups in total. The van der Waals surface area contributed by atoms with Crippen LogP contribution in [0.1, 0.15) is 26.3 Å². The monoisotopic (exact) mass is 495 g/mol. The lowest BCUT2D eigenvalue weighted by atomic mass is 9.86. The fourth-order valence-electron chi connectivity index (χ4n) is 2.92. The third kappa shape index (κ3) is 3.80. The highest BCUT2D eigenvalue weighted by Crippen LogP contribution is 2.30. The van der Waals surface area contributed by atoms with Crippen LogP contribution >= 0.6 is 22.6 Å². The van der Waals surface area contributed by atoms with Crippen LogP contribution in [0.5, 0.6) is 0 Å². The third-order valence-corrected chi connectivity index (χ3v) is 5.51. The van der Waals surface area contributed by atoms with Gasteiger partial charge < -0.3 is 4.53 Å². The molecule has 3 rings (SSSR count). The van der Waals surface area contributed by atoms with Gasteiger partial charge in [0.05, 0.1) is 5.52 Å². The van der Waals surface area contributed by atoms with Gasteiger partial charge in [-0.15, -0.1) is 0 Å². The first-order chi connectivity index (χ1) is 12.6. The van der Waals surface area contributed by atoms with E-state index in [1.165, 1.54) is 4.73 Å². The van der Waals surface area contributed by atoms with Crippen LogP contribution in [-0.2, 0) is 5.41 Å². The van der Waals surface area contributed by atoms with Crippen LogP contribution in [0.3, 0.4) is 0 Å². The molecule has 0 fully saturated rings. The Hall–Kier alpha value is -1.74. The molecule has 7 heteroatoms. The molecule has 0 aliphatic heterocycles. The number of fused-ring (bicyclic) bond motifs is 1. The van der Waals surface area contributed by atoms with E-state index >= 15 is 0 Å². The molecule has 0 saturated heterocycles. The van der Waals surface area contributed by atoms with Crippen molar-refractivity contribution in [2.45, 2.75) is 39.3 Å². The molecule has 0 saturated carbocycles. The summed E-state index contributed by atoms with van der Waals surface area (Å²) in [4.78, 5) is 17.8. The lowest BCUT2D eigenvalue weighted by molar-refractivity contribution is 0.283. The second-order valence-corrected chi connectivity index (χ2v) is 10.7. The van der Waals surface area contributed by atoms with Crippen LogP contribution in [-0.4, -0.2) is 18.8 Å². The molecule has 0 atom stereocenters. The lowest BCUT2D eigenvalue weighted by Gasteiger charge is -2.23. The van der Waals surface area contributed by atoms with Crippen molar-refractivity contribution in [2.75, 3.05) is 0 Å². The van der Waals surface area contributed by atoms with Gasteiger partial charge in [-0.05, 0) is 64.9 Å². The largest absolute Gasteiger partial charge is 0.466 e. The van der Waals surface area contributed by atoms with Crippen LogP contribution in [0.4, 0.5) is 4.39 Å². The summed E-state index contributed by atoms with van der Waals surface area (Å²) >= 11 is 1.92. The number of hydrogen-bond donors (Lipinski definition) is 0. The number of benzene rings is 2. The zero-order valence-corrected chi connectivity index (χ0v) is 19.1. The molecule has 141 valence electrons. The Balaban J connectivity index is 2.47. The lowest BCUT2D eigenvalue weighted by Crippen LogP contribution is -2.35. The van der Waals surface area contributed by atoms with Gasteiger partial charge in [-0.25, -0.2) is 9.37 Å². The zero-order chi connectivity index (χ0) is 19.9. The maximum absolute atomic E-state index is 14.8. The first kappa shape index (κ1) is 20.0. The fourth-order valence-corrected chi connectivity index (χ4v) is 3.96. The van der Waals surface area contributed by atoms with Crippen LogP contribution in [0.15, 0.2) is 41.2 Å². The number of rotatable bonds is 3. The molecular formula is C20H21FIN2O2Si. The van der Waals surface area contributed by atoms with Gasteiger partial charge in [0.15, 0.2) is 0 Å². The average molecular weight is 495 g/mol. The van der Waals surface area contributed by atoms with E-state index in [-0.39, 0.29) is 16.7 Å². The van der Waals surface area contributed by atoms with Crippen molar-refractivity contribution in [1.82, 2.24) is 9.71 Å². The van der Waals surface area contributed by atoms with Crippen LogP contribution < -0.4 is 10.1 Å². The van der Waals surface area contributed by atoms with E-state index in [1.807, 2.05) is 53.9 Å². The highest BCUT2D eigenvalue weighted by atomic mass is 127. The molecular weight excluding hydrogens is 474 g/mol. The van der Waals surface area contributed by atoms with Gasteiger partial charge in [0.1, 0.15) is 17.0 Å². The van der Waals surface area contributed by atoms with E-state index in [4.69, 9.17) is 4.53 Å². The Kier molecular flexibility index (Phi) is 5.44. The van der Waals surface area contributed by atoms with E-state index in [0.29, 0.717) is 14.6 Å². The summed E-state index contributed by atoms with van der Waals surface area (Å²) in [6, 6.07) is 10.7. The summed E-state index contributed by atoms with van der Waals surface area (Å²) in [5.74, 6) is -0.444. The number of aromatic nitrogens is 2. The molecule has 3 aromatic rings. The summed E-state index contributed by atoms with van der Waals surface area (Å²) in [5, 5.41) is 0. The van der Waals surface area contributed by atoms with Gasteiger partial charge in [0.2, 0.25) is 0 Å². The Bertz CT molecular complexity index is 1070. The Morgan fingerprint density at radius 3 is 2.44 bits per heavy atom. The molecule has 0 bridgehead atoms. The first-order valence-electron chi connectivity index (χ1n) is 8.60. The SMILES string of the molecule is C[Si](C)On1c(=O)c(-c2cccc(I)c2F)nc2c(C(C)(C)C)cccc21. The Labute approximate surface area is 173 Å². The Morgan fingerprint density at radius 1 is 1.15 bits per heavy atom. The molecule has 1 radical (unpaired) electrons. The minimum absolute atomic E-state index is 0.0680. The quantitative estimate of drug-likeness (QED) is 0.388. The van der Waals surface area contributed by atoms with Gasteiger partial charge in [-0.3, -0.25) is 4.79 Å². The number of hydrogen-bond acceptors (Lipinski definition) is 3. The topological polar surface area (TPSA) is 44.1 Å². The van der Waals surface area contributed by atoms with E-state index in [2.05, 4.69) is 25.8 Å². The van der Waals surface area contributed by atoms with Crippen molar-refractivity contribution in [1.29, 1.82) is 0 Å². The molecule has 0 aliphatic carbocycles. The maximum Gasteiger partial charge on any atom is 0.311 e. The predicted molar refractivity (Wildman–Crippen MR) is 117 cm³/mol. The smallest absolute Gasteiger partial charge is 0.311 e. The average Bonchev–Trinajstić information content (AvgIpc) is 2.58. The van der Waals surface area contributed by atoms with E-state index in [0.717, 1.165) is 5.56 Å². The van der Waals surface area contributed by atoms with E-state index in [9.17, 15) is 9.18 Å². The summed E-state index contributed by atoms with van der Waals surface area (Å²) < 4.78 is 22.4. The molecule has 0 unspecified atom stereocenters. The van der Waals surface area contributed by atoms with Crippen molar-refractivity contribution in [2.24, 2.45) is 0 Å². The number of halogens is 2. The molecule has 0 aliphatic rings. The zero-order valence-electron chi connectivity index (χ0n) is 15.9. The molecule has 1 heterocycles. The Morgan fingerprint density at radius 2 is 1.81 bits per heavy atom. The minimum atomic E-state index is -1.22. The minimum Gasteiger partial charge on any atom is -0.466 e. The third-order valence-electron chi connectivity index (χ3n) is 4.13. The second kappa shape index (κ2) is 7.35. The highest BCUT2D eigenvalue weighted by Gasteiger charge is 2.23. The van der Waals surface area contributed by atoms with Crippen LogP contribution in [0.25, 0.3) is 22.3 Å². The van der Waals surface area contributed by atoms with Crippen LogP contribution in [0.2, 0.25) is 13.1 Å². The molecule has 2 aromatic carbocycles. The summed E-state index contributed by atoms with van der Waals surface area (Å²) in [5.41, 5.74) is 1.86. The summed E-state index contributed by atoms with van der Waals surface area (Å²) in [6.45, 7) is 10.1. The van der Waals surface area contributed by atoms with Crippen molar-refractivity contribution in [3.05, 3.63) is 61.7 Å².